The Morgan fingerprint density at radius 2 is 2.13 bits per heavy atom. The van der Waals surface area contributed by atoms with Gasteiger partial charge in [-0.2, -0.15) is 0 Å². The number of benzene rings is 1. The Morgan fingerprint density at radius 1 is 1.30 bits per heavy atom. The maximum atomic E-state index is 12.8. The Bertz CT molecular complexity index is 632. The van der Waals surface area contributed by atoms with Crippen LogP contribution in [0.1, 0.15) is 29.6 Å². The summed E-state index contributed by atoms with van der Waals surface area (Å²) in [6.07, 6.45) is 3.90. The summed E-state index contributed by atoms with van der Waals surface area (Å²) in [4.78, 5) is 18.9. The lowest BCUT2D eigenvalue weighted by Crippen LogP contribution is -2.49. The van der Waals surface area contributed by atoms with Crippen molar-refractivity contribution in [2.75, 3.05) is 19.6 Å². The number of pyridine rings is 1. The van der Waals surface area contributed by atoms with E-state index < -0.39 is 0 Å². The first-order valence-electron chi connectivity index (χ1n) is 7.96. The molecule has 1 aromatic carbocycles. The number of carbonyl (C=O) groups excluding carboxylic acids is 1. The van der Waals surface area contributed by atoms with Gasteiger partial charge in [0.25, 0.3) is 0 Å². The van der Waals surface area contributed by atoms with Crippen molar-refractivity contribution in [3.05, 3.63) is 66.0 Å². The number of aromatic nitrogens is 1. The van der Waals surface area contributed by atoms with Gasteiger partial charge in [0.05, 0.1) is 6.04 Å². The molecular formula is C18H22N4O. The fourth-order valence-corrected chi connectivity index (χ4v) is 3.00. The third-order valence-electron chi connectivity index (χ3n) is 4.26. The Labute approximate surface area is 136 Å². The lowest BCUT2D eigenvalue weighted by Gasteiger charge is -2.37. The standard InChI is InChI=1S/C18H22N4O/c19-16(14-5-2-1-3-6-14)11-18(23)22-10-9-21-13-17(22)15-7-4-8-20-12-15/h1-8,12,16-17,21H,9-11,13,19H2. The molecule has 1 aliphatic rings. The number of nitrogens with zero attached hydrogens (tertiary/aromatic N) is 2. The van der Waals surface area contributed by atoms with Gasteiger partial charge in [-0.15, -0.1) is 0 Å². The number of piperazine rings is 1. The van der Waals surface area contributed by atoms with Crippen molar-refractivity contribution in [2.24, 2.45) is 5.73 Å². The van der Waals surface area contributed by atoms with E-state index in [9.17, 15) is 4.79 Å². The van der Waals surface area contributed by atoms with Crippen LogP contribution in [0, 0.1) is 0 Å². The molecule has 1 aromatic heterocycles. The van der Waals surface area contributed by atoms with Crippen LogP contribution in [0.15, 0.2) is 54.9 Å². The molecule has 2 atom stereocenters. The van der Waals surface area contributed by atoms with Gasteiger partial charge in [-0.3, -0.25) is 9.78 Å². The van der Waals surface area contributed by atoms with E-state index in [0.717, 1.165) is 24.2 Å². The molecule has 1 aliphatic heterocycles. The molecule has 1 saturated heterocycles. The topological polar surface area (TPSA) is 71.2 Å². The number of hydrogen-bond acceptors (Lipinski definition) is 4. The van der Waals surface area contributed by atoms with Crippen LogP contribution in [0.2, 0.25) is 0 Å². The zero-order valence-electron chi connectivity index (χ0n) is 13.1. The van der Waals surface area contributed by atoms with E-state index in [-0.39, 0.29) is 18.0 Å². The normalized spacial score (nSPS) is 19.3. The van der Waals surface area contributed by atoms with Crippen LogP contribution in [0.3, 0.4) is 0 Å². The smallest absolute Gasteiger partial charge is 0.225 e. The molecule has 5 heteroatoms. The first kappa shape index (κ1) is 15.6. The maximum Gasteiger partial charge on any atom is 0.225 e. The van der Waals surface area contributed by atoms with Crippen molar-refractivity contribution in [3.63, 3.8) is 0 Å². The molecule has 23 heavy (non-hydrogen) atoms. The van der Waals surface area contributed by atoms with E-state index >= 15 is 0 Å². The highest BCUT2D eigenvalue weighted by atomic mass is 16.2. The SMILES string of the molecule is NC(CC(=O)N1CCNCC1c1cccnc1)c1ccccc1. The van der Waals surface area contributed by atoms with E-state index in [1.165, 1.54) is 0 Å². The Hall–Kier alpha value is -2.24. The van der Waals surface area contributed by atoms with Crippen LogP contribution in [0.4, 0.5) is 0 Å². The second-order valence-electron chi connectivity index (χ2n) is 5.81. The molecule has 0 spiro atoms. The second-order valence-corrected chi connectivity index (χ2v) is 5.81. The summed E-state index contributed by atoms with van der Waals surface area (Å²) in [6, 6.07) is 13.5. The molecule has 2 heterocycles. The molecular weight excluding hydrogens is 288 g/mol. The van der Waals surface area contributed by atoms with Crippen molar-refractivity contribution in [1.82, 2.24) is 15.2 Å². The van der Waals surface area contributed by atoms with Crippen LogP contribution in [-0.2, 0) is 4.79 Å². The van der Waals surface area contributed by atoms with Crippen LogP contribution in [-0.4, -0.2) is 35.4 Å². The van der Waals surface area contributed by atoms with Crippen molar-refractivity contribution >= 4 is 5.91 Å². The lowest BCUT2D eigenvalue weighted by atomic mass is 10.0. The van der Waals surface area contributed by atoms with E-state index in [1.54, 1.807) is 6.20 Å². The summed E-state index contributed by atoms with van der Waals surface area (Å²) in [7, 11) is 0. The zero-order valence-corrected chi connectivity index (χ0v) is 13.1. The predicted octanol–water partition coefficient (Wildman–Crippen LogP) is 1.64. The fourth-order valence-electron chi connectivity index (χ4n) is 3.00. The Kier molecular flexibility index (Phi) is 5.00. The molecule has 0 bridgehead atoms. The minimum absolute atomic E-state index is 0.0212. The molecule has 2 aromatic rings. The number of nitrogens with two attached hydrogens (primary N) is 1. The average molecular weight is 310 g/mol. The zero-order chi connectivity index (χ0) is 16.1. The van der Waals surface area contributed by atoms with Gasteiger partial charge in [0, 0.05) is 44.5 Å². The monoisotopic (exact) mass is 310 g/mol. The van der Waals surface area contributed by atoms with Gasteiger partial charge < -0.3 is 16.0 Å². The number of nitrogens with one attached hydrogen (secondary N) is 1. The Morgan fingerprint density at radius 3 is 2.87 bits per heavy atom. The van der Waals surface area contributed by atoms with Crippen molar-refractivity contribution in [2.45, 2.75) is 18.5 Å². The molecule has 5 nitrogen and oxygen atoms in total. The molecule has 0 aliphatic carbocycles. The highest BCUT2D eigenvalue weighted by Crippen LogP contribution is 2.24. The number of hydrogen-bond donors (Lipinski definition) is 2. The molecule has 120 valence electrons. The highest BCUT2D eigenvalue weighted by Gasteiger charge is 2.28. The molecule has 2 unspecified atom stereocenters. The predicted molar refractivity (Wildman–Crippen MR) is 89.5 cm³/mol. The minimum Gasteiger partial charge on any atom is -0.333 e. The third kappa shape index (κ3) is 3.75. The van der Waals surface area contributed by atoms with Crippen molar-refractivity contribution in [1.29, 1.82) is 0 Å². The summed E-state index contributed by atoms with van der Waals surface area (Å²) in [6.45, 7) is 2.25. The van der Waals surface area contributed by atoms with Crippen LogP contribution in [0.5, 0.6) is 0 Å². The molecule has 3 N–H and O–H groups in total. The van der Waals surface area contributed by atoms with Gasteiger partial charge in [0.15, 0.2) is 0 Å². The first-order valence-corrected chi connectivity index (χ1v) is 7.96. The van der Waals surface area contributed by atoms with Crippen LogP contribution < -0.4 is 11.1 Å². The molecule has 1 amide bonds. The molecule has 0 saturated carbocycles. The number of amides is 1. The van der Waals surface area contributed by atoms with Gasteiger partial charge in [-0.05, 0) is 17.2 Å². The van der Waals surface area contributed by atoms with Gasteiger partial charge in [-0.1, -0.05) is 36.4 Å². The maximum absolute atomic E-state index is 12.8. The van der Waals surface area contributed by atoms with E-state index in [1.807, 2.05) is 53.6 Å². The minimum atomic E-state index is -0.270. The second kappa shape index (κ2) is 7.35. The summed E-state index contributed by atoms with van der Waals surface area (Å²) >= 11 is 0. The molecule has 1 fully saturated rings. The van der Waals surface area contributed by atoms with Gasteiger partial charge in [0.2, 0.25) is 5.91 Å². The summed E-state index contributed by atoms with van der Waals surface area (Å²) in [5.41, 5.74) is 8.26. The summed E-state index contributed by atoms with van der Waals surface area (Å²) in [5.74, 6) is 0.0942. The first-order chi connectivity index (χ1) is 11.3. The quantitative estimate of drug-likeness (QED) is 0.901. The molecule has 0 radical (unpaired) electrons. The molecule has 3 rings (SSSR count). The Balaban J connectivity index is 1.72. The van der Waals surface area contributed by atoms with Crippen molar-refractivity contribution < 1.29 is 4.79 Å². The van der Waals surface area contributed by atoms with E-state index in [0.29, 0.717) is 13.0 Å². The average Bonchev–Trinajstić information content (AvgIpc) is 2.63. The highest BCUT2D eigenvalue weighted by molar-refractivity contribution is 5.77. The van der Waals surface area contributed by atoms with Crippen LogP contribution in [0.25, 0.3) is 0 Å². The number of carbonyl (C=O) groups is 1. The van der Waals surface area contributed by atoms with E-state index in [2.05, 4.69) is 10.3 Å². The lowest BCUT2D eigenvalue weighted by molar-refractivity contribution is -0.135. The third-order valence-corrected chi connectivity index (χ3v) is 4.26. The van der Waals surface area contributed by atoms with Gasteiger partial charge in [0.1, 0.15) is 0 Å². The summed E-state index contributed by atoms with van der Waals surface area (Å²) < 4.78 is 0. The largest absolute Gasteiger partial charge is 0.333 e. The fraction of sp³-hybridized carbons (Fsp3) is 0.333. The van der Waals surface area contributed by atoms with E-state index in [4.69, 9.17) is 5.73 Å². The summed E-state index contributed by atoms with van der Waals surface area (Å²) in [5, 5.41) is 3.35. The van der Waals surface area contributed by atoms with Gasteiger partial charge >= 0.3 is 0 Å². The van der Waals surface area contributed by atoms with Crippen LogP contribution >= 0.6 is 0 Å². The van der Waals surface area contributed by atoms with Gasteiger partial charge in [-0.25, -0.2) is 0 Å². The van der Waals surface area contributed by atoms with Crippen molar-refractivity contribution in [3.8, 4) is 0 Å². The number of rotatable bonds is 4.